The average Bonchev–Trinajstić information content (AvgIpc) is 3.13. The number of hydrogen-bond acceptors (Lipinski definition) is 5. The Morgan fingerprint density at radius 1 is 1.15 bits per heavy atom. The van der Waals surface area contributed by atoms with Crippen molar-refractivity contribution >= 4 is 67.9 Å². The van der Waals surface area contributed by atoms with Crippen molar-refractivity contribution in [1.29, 1.82) is 0 Å². The number of amides is 1. The SMILES string of the molecule is Cc1cc(C)c2sc(N(CCN(C)C)C(=O)c3ccc(Cl)s3)nc2c1.Cl. The van der Waals surface area contributed by atoms with Crippen LogP contribution in [0.25, 0.3) is 10.2 Å². The third kappa shape index (κ3) is 4.56. The molecule has 0 bridgehead atoms. The second-order valence-electron chi connectivity index (χ2n) is 6.29. The van der Waals surface area contributed by atoms with Crippen LogP contribution in [0.15, 0.2) is 24.3 Å². The van der Waals surface area contributed by atoms with Crippen molar-refractivity contribution in [3.63, 3.8) is 0 Å². The molecule has 2 heterocycles. The van der Waals surface area contributed by atoms with E-state index >= 15 is 0 Å². The predicted molar refractivity (Wildman–Crippen MR) is 116 cm³/mol. The standard InChI is InChI=1S/C18H20ClN3OS2.ClH/c1-11-9-12(2)16-13(10-11)20-18(25-16)22(8-7-21(3)4)17(23)14-5-6-15(19)24-14;/h5-6,9-10H,7-8H2,1-4H3;1H. The summed E-state index contributed by atoms with van der Waals surface area (Å²) in [6, 6.07) is 7.75. The molecular weight excluding hydrogens is 409 g/mol. The lowest BCUT2D eigenvalue weighted by atomic mass is 10.1. The average molecular weight is 430 g/mol. The second-order valence-corrected chi connectivity index (χ2v) is 8.98. The van der Waals surface area contributed by atoms with Crippen LogP contribution in [0, 0.1) is 13.8 Å². The number of thiophene rings is 1. The molecule has 0 fully saturated rings. The number of rotatable bonds is 5. The largest absolute Gasteiger partial charge is 0.308 e. The van der Waals surface area contributed by atoms with Gasteiger partial charge in [0.15, 0.2) is 5.13 Å². The van der Waals surface area contributed by atoms with Gasteiger partial charge in [0.1, 0.15) is 0 Å². The van der Waals surface area contributed by atoms with Crippen LogP contribution in [0.5, 0.6) is 0 Å². The molecule has 0 spiro atoms. The lowest BCUT2D eigenvalue weighted by molar-refractivity contribution is 0.0989. The van der Waals surface area contributed by atoms with Crippen LogP contribution in [-0.2, 0) is 0 Å². The normalized spacial score (nSPS) is 11.0. The van der Waals surface area contributed by atoms with Crippen LogP contribution in [0.4, 0.5) is 5.13 Å². The summed E-state index contributed by atoms with van der Waals surface area (Å²) in [5.41, 5.74) is 3.32. The van der Waals surface area contributed by atoms with Crippen molar-refractivity contribution < 1.29 is 4.79 Å². The lowest BCUT2D eigenvalue weighted by Crippen LogP contribution is -2.36. The first-order valence-corrected chi connectivity index (χ1v) is 9.96. The minimum absolute atomic E-state index is 0. The molecule has 0 unspecified atom stereocenters. The summed E-state index contributed by atoms with van der Waals surface area (Å²) >= 11 is 8.88. The number of likely N-dealkylation sites (N-methyl/N-ethyl adjacent to an activating group) is 1. The van der Waals surface area contributed by atoms with Gasteiger partial charge in [0.05, 0.1) is 19.4 Å². The maximum atomic E-state index is 13.0. The number of aryl methyl sites for hydroxylation is 2. The number of carbonyl (C=O) groups excluding carboxylic acids is 1. The maximum Gasteiger partial charge on any atom is 0.270 e. The summed E-state index contributed by atoms with van der Waals surface area (Å²) in [5.74, 6) is -0.0489. The van der Waals surface area contributed by atoms with Crippen LogP contribution in [0.1, 0.15) is 20.8 Å². The molecule has 0 aliphatic heterocycles. The molecule has 140 valence electrons. The molecular formula is C18H21Cl2N3OS2. The summed E-state index contributed by atoms with van der Waals surface area (Å²) in [7, 11) is 3.99. The van der Waals surface area contributed by atoms with Crippen LogP contribution < -0.4 is 4.90 Å². The van der Waals surface area contributed by atoms with Crippen molar-refractivity contribution in [3.05, 3.63) is 44.6 Å². The quantitative estimate of drug-likeness (QED) is 0.554. The number of anilines is 1. The molecule has 0 radical (unpaired) electrons. The van der Waals surface area contributed by atoms with E-state index in [4.69, 9.17) is 16.6 Å². The first kappa shape index (κ1) is 21.1. The number of nitrogens with zero attached hydrogens (tertiary/aromatic N) is 3. The summed E-state index contributed by atoms with van der Waals surface area (Å²) in [6.07, 6.45) is 0. The Kier molecular flexibility index (Phi) is 7.05. The third-order valence-electron chi connectivity index (χ3n) is 3.84. The highest BCUT2D eigenvalue weighted by Crippen LogP contribution is 2.33. The maximum absolute atomic E-state index is 13.0. The fourth-order valence-corrected chi connectivity index (χ4v) is 4.66. The van der Waals surface area contributed by atoms with Gasteiger partial charge in [-0.25, -0.2) is 4.98 Å². The Hall–Kier alpha value is -1.18. The first-order valence-electron chi connectivity index (χ1n) is 7.95. The van der Waals surface area contributed by atoms with Gasteiger partial charge in [0, 0.05) is 13.1 Å². The molecule has 3 aromatic rings. The zero-order valence-electron chi connectivity index (χ0n) is 15.1. The Morgan fingerprint density at radius 2 is 1.88 bits per heavy atom. The second kappa shape index (κ2) is 8.67. The van der Waals surface area contributed by atoms with Gasteiger partial charge < -0.3 is 4.90 Å². The molecule has 0 atom stereocenters. The molecule has 0 aliphatic carbocycles. The number of aromatic nitrogens is 1. The molecule has 0 saturated heterocycles. The topological polar surface area (TPSA) is 36.4 Å². The zero-order chi connectivity index (χ0) is 18.1. The van der Waals surface area contributed by atoms with E-state index < -0.39 is 0 Å². The van der Waals surface area contributed by atoms with E-state index in [1.54, 1.807) is 28.4 Å². The molecule has 4 nitrogen and oxygen atoms in total. The number of fused-ring (bicyclic) bond motifs is 1. The van der Waals surface area contributed by atoms with E-state index in [0.717, 1.165) is 21.9 Å². The summed E-state index contributed by atoms with van der Waals surface area (Å²) in [5, 5.41) is 0.736. The summed E-state index contributed by atoms with van der Waals surface area (Å²) < 4.78 is 1.75. The van der Waals surface area contributed by atoms with Gasteiger partial charge in [-0.15, -0.1) is 23.7 Å². The molecule has 3 rings (SSSR count). The third-order valence-corrected chi connectivity index (χ3v) is 6.29. The molecule has 2 aromatic heterocycles. The highest BCUT2D eigenvalue weighted by Gasteiger charge is 2.23. The van der Waals surface area contributed by atoms with Gasteiger partial charge in [-0.2, -0.15) is 0 Å². The summed E-state index contributed by atoms with van der Waals surface area (Å²) in [4.78, 5) is 22.2. The van der Waals surface area contributed by atoms with Crippen LogP contribution in [0.2, 0.25) is 4.34 Å². The Bertz CT molecular complexity index is 920. The monoisotopic (exact) mass is 429 g/mol. The number of hydrogen-bond donors (Lipinski definition) is 0. The van der Waals surface area contributed by atoms with Crippen LogP contribution >= 0.6 is 46.7 Å². The van der Waals surface area contributed by atoms with Crippen molar-refractivity contribution in [2.75, 3.05) is 32.1 Å². The Balaban J connectivity index is 0.00000243. The van der Waals surface area contributed by atoms with Crippen molar-refractivity contribution in [2.45, 2.75) is 13.8 Å². The fourth-order valence-electron chi connectivity index (χ4n) is 2.63. The van der Waals surface area contributed by atoms with E-state index in [1.165, 1.54) is 22.5 Å². The molecule has 1 aromatic carbocycles. The lowest BCUT2D eigenvalue weighted by Gasteiger charge is -2.21. The molecule has 1 amide bonds. The van der Waals surface area contributed by atoms with Crippen molar-refractivity contribution in [2.24, 2.45) is 0 Å². The molecule has 26 heavy (non-hydrogen) atoms. The van der Waals surface area contributed by atoms with E-state index in [2.05, 4.69) is 30.9 Å². The van der Waals surface area contributed by atoms with E-state index in [1.807, 2.05) is 14.1 Å². The van der Waals surface area contributed by atoms with Gasteiger partial charge in [0.2, 0.25) is 0 Å². The van der Waals surface area contributed by atoms with Crippen molar-refractivity contribution in [1.82, 2.24) is 9.88 Å². The minimum atomic E-state index is -0.0489. The number of benzene rings is 1. The van der Waals surface area contributed by atoms with Crippen LogP contribution in [0.3, 0.4) is 0 Å². The molecule has 0 N–H and O–H groups in total. The van der Waals surface area contributed by atoms with E-state index in [-0.39, 0.29) is 18.3 Å². The first-order chi connectivity index (χ1) is 11.8. The number of halogens is 2. The molecule has 0 aliphatic rings. The van der Waals surface area contributed by atoms with E-state index in [0.29, 0.717) is 15.8 Å². The smallest absolute Gasteiger partial charge is 0.270 e. The highest BCUT2D eigenvalue weighted by atomic mass is 35.5. The molecule has 0 saturated carbocycles. The Morgan fingerprint density at radius 3 is 2.50 bits per heavy atom. The van der Waals surface area contributed by atoms with Crippen molar-refractivity contribution in [3.8, 4) is 0 Å². The van der Waals surface area contributed by atoms with Crippen LogP contribution in [-0.4, -0.2) is 43.0 Å². The predicted octanol–water partition coefficient (Wildman–Crippen LogP) is 5.26. The van der Waals surface area contributed by atoms with Gasteiger partial charge >= 0.3 is 0 Å². The van der Waals surface area contributed by atoms with Gasteiger partial charge in [-0.05, 0) is 57.3 Å². The van der Waals surface area contributed by atoms with E-state index in [9.17, 15) is 4.79 Å². The Labute approximate surface area is 172 Å². The fraction of sp³-hybridized carbons (Fsp3) is 0.333. The van der Waals surface area contributed by atoms with Gasteiger partial charge in [-0.3, -0.25) is 9.69 Å². The minimum Gasteiger partial charge on any atom is -0.308 e. The number of thiazole rings is 1. The number of carbonyl (C=O) groups is 1. The summed E-state index contributed by atoms with van der Waals surface area (Å²) in [6.45, 7) is 5.49. The molecule has 8 heteroatoms. The highest BCUT2D eigenvalue weighted by molar-refractivity contribution is 7.22. The zero-order valence-corrected chi connectivity index (χ0v) is 18.3. The van der Waals surface area contributed by atoms with Gasteiger partial charge in [0.25, 0.3) is 5.91 Å². The van der Waals surface area contributed by atoms with Gasteiger partial charge in [-0.1, -0.05) is 29.0 Å².